The Morgan fingerprint density at radius 1 is 1.00 bits per heavy atom. The monoisotopic (exact) mass is 289 g/mol. The summed E-state index contributed by atoms with van der Waals surface area (Å²) in [4.78, 5) is 2.26. The van der Waals surface area contributed by atoms with E-state index in [2.05, 4.69) is 63.9 Å². The van der Waals surface area contributed by atoms with Gasteiger partial charge < -0.3 is 18.9 Å². The van der Waals surface area contributed by atoms with Gasteiger partial charge in [0.05, 0.1) is 30.5 Å². The zero-order valence-electron chi connectivity index (χ0n) is 13.6. The first-order valence-corrected chi connectivity index (χ1v) is 7.56. The van der Waals surface area contributed by atoms with Crippen LogP contribution in [-0.2, 0) is 14.0 Å². The molecule has 114 valence electrons. The predicted molar refractivity (Wildman–Crippen MR) is 85.2 cm³/mol. The average Bonchev–Trinajstić information content (AvgIpc) is 2.56. The van der Waals surface area contributed by atoms with E-state index in [1.807, 2.05) is 0 Å². The second-order valence-electron chi connectivity index (χ2n) is 6.98. The zero-order valence-corrected chi connectivity index (χ0v) is 13.6. The van der Waals surface area contributed by atoms with E-state index in [-0.39, 0.29) is 18.3 Å². The van der Waals surface area contributed by atoms with Gasteiger partial charge in [-0.15, -0.1) is 0 Å². The van der Waals surface area contributed by atoms with Crippen molar-refractivity contribution in [1.29, 1.82) is 0 Å². The first-order chi connectivity index (χ1) is 9.80. The van der Waals surface area contributed by atoms with E-state index in [4.69, 9.17) is 14.0 Å². The fourth-order valence-corrected chi connectivity index (χ4v) is 2.50. The lowest BCUT2D eigenvalue weighted by Crippen LogP contribution is -2.47. The maximum Gasteiger partial charge on any atom is 0.494 e. The van der Waals surface area contributed by atoms with Crippen molar-refractivity contribution >= 4 is 18.3 Å². The first-order valence-electron chi connectivity index (χ1n) is 7.56. The summed E-state index contributed by atoms with van der Waals surface area (Å²) >= 11 is 0. The zero-order chi connectivity index (χ0) is 15.3. The van der Waals surface area contributed by atoms with Crippen LogP contribution in [-0.4, -0.2) is 44.6 Å². The van der Waals surface area contributed by atoms with Crippen molar-refractivity contribution < 1.29 is 14.0 Å². The molecule has 2 aliphatic heterocycles. The molecular weight excluding hydrogens is 265 g/mol. The molecule has 0 radical (unpaired) electrons. The molecule has 0 aromatic heterocycles. The largest absolute Gasteiger partial charge is 0.494 e. The molecule has 0 unspecified atom stereocenters. The van der Waals surface area contributed by atoms with Gasteiger partial charge in [0, 0.05) is 12.7 Å². The SMILES string of the molecule is CN(c1ccc(B2OC(C)(C)C(C)(C)O2)cc1)C1COC1. The number of likely N-dealkylation sites (N-methyl/N-ethyl adjacent to an activating group) is 1. The van der Waals surface area contributed by atoms with Crippen molar-refractivity contribution in [3.05, 3.63) is 24.3 Å². The molecule has 2 heterocycles. The molecule has 0 spiro atoms. The van der Waals surface area contributed by atoms with Crippen molar-refractivity contribution in [2.45, 2.75) is 44.9 Å². The van der Waals surface area contributed by atoms with Gasteiger partial charge >= 0.3 is 7.12 Å². The molecule has 3 rings (SSSR count). The summed E-state index contributed by atoms with van der Waals surface area (Å²) < 4.78 is 17.4. The summed E-state index contributed by atoms with van der Waals surface area (Å²) in [6.07, 6.45) is 0. The van der Waals surface area contributed by atoms with Crippen molar-refractivity contribution in [2.24, 2.45) is 0 Å². The Morgan fingerprint density at radius 3 is 1.95 bits per heavy atom. The van der Waals surface area contributed by atoms with E-state index in [0.717, 1.165) is 18.7 Å². The van der Waals surface area contributed by atoms with Gasteiger partial charge in [0.15, 0.2) is 0 Å². The Kier molecular flexibility index (Phi) is 3.55. The van der Waals surface area contributed by atoms with Gasteiger partial charge in [-0.25, -0.2) is 0 Å². The minimum Gasteiger partial charge on any atom is -0.399 e. The molecule has 2 aliphatic rings. The smallest absolute Gasteiger partial charge is 0.399 e. The highest BCUT2D eigenvalue weighted by Crippen LogP contribution is 2.36. The van der Waals surface area contributed by atoms with Gasteiger partial charge in [0.25, 0.3) is 0 Å². The summed E-state index contributed by atoms with van der Waals surface area (Å²) in [6, 6.07) is 8.92. The maximum absolute atomic E-state index is 6.07. The van der Waals surface area contributed by atoms with E-state index in [1.165, 1.54) is 5.69 Å². The van der Waals surface area contributed by atoms with Crippen LogP contribution >= 0.6 is 0 Å². The number of ether oxygens (including phenoxy) is 1. The lowest BCUT2D eigenvalue weighted by atomic mass is 9.79. The van der Waals surface area contributed by atoms with Crippen LogP contribution in [0.4, 0.5) is 5.69 Å². The highest BCUT2D eigenvalue weighted by atomic mass is 16.7. The molecule has 5 heteroatoms. The lowest BCUT2D eigenvalue weighted by Gasteiger charge is -2.36. The Hall–Kier alpha value is -1.04. The van der Waals surface area contributed by atoms with Crippen LogP contribution in [0.5, 0.6) is 0 Å². The highest BCUT2D eigenvalue weighted by molar-refractivity contribution is 6.62. The second-order valence-corrected chi connectivity index (χ2v) is 6.98. The van der Waals surface area contributed by atoms with Crippen molar-refractivity contribution in [2.75, 3.05) is 25.2 Å². The minimum absolute atomic E-state index is 0.290. The van der Waals surface area contributed by atoms with E-state index < -0.39 is 0 Å². The van der Waals surface area contributed by atoms with Crippen LogP contribution in [0.2, 0.25) is 0 Å². The quantitative estimate of drug-likeness (QED) is 0.794. The van der Waals surface area contributed by atoms with Gasteiger partial charge in [-0.1, -0.05) is 12.1 Å². The Morgan fingerprint density at radius 2 is 1.52 bits per heavy atom. The number of hydrogen-bond acceptors (Lipinski definition) is 4. The summed E-state index contributed by atoms with van der Waals surface area (Å²) in [5.74, 6) is 0. The number of anilines is 1. The molecule has 0 N–H and O–H groups in total. The van der Waals surface area contributed by atoms with Crippen molar-refractivity contribution in [1.82, 2.24) is 0 Å². The summed E-state index contributed by atoms with van der Waals surface area (Å²) in [5.41, 5.74) is 1.67. The standard InChI is InChI=1S/C16H24BNO3/c1-15(2)16(3,4)21-17(20-15)12-6-8-13(9-7-12)18(5)14-10-19-11-14/h6-9,14H,10-11H2,1-5H3. The van der Waals surface area contributed by atoms with Gasteiger partial charge in [-0.05, 0) is 45.3 Å². The molecule has 0 bridgehead atoms. The minimum atomic E-state index is -0.295. The molecule has 2 saturated heterocycles. The Labute approximate surface area is 127 Å². The normalized spacial score (nSPS) is 24.0. The van der Waals surface area contributed by atoms with Gasteiger partial charge in [0.2, 0.25) is 0 Å². The van der Waals surface area contributed by atoms with Crippen molar-refractivity contribution in [3.63, 3.8) is 0 Å². The molecular formula is C16H24BNO3. The second kappa shape index (κ2) is 5.01. The third-order valence-electron chi connectivity index (χ3n) is 4.99. The Balaban J connectivity index is 1.73. The van der Waals surface area contributed by atoms with E-state index >= 15 is 0 Å². The van der Waals surface area contributed by atoms with E-state index in [0.29, 0.717) is 6.04 Å². The molecule has 0 aliphatic carbocycles. The summed E-state index contributed by atoms with van der Waals surface area (Å²) in [7, 11) is 1.82. The summed E-state index contributed by atoms with van der Waals surface area (Å²) in [5, 5.41) is 0. The van der Waals surface area contributed by atoms with Crippen molar-refractivity contribution in [3.8, 4) is 0 Å². The molecule has 4 nitrogen and oxygen atoms in total. The maximum atomic E-state index is 6.07. The molecule has 0 atom stereocenters. The van der Waals surface area contributed by atoms with Gasteiger partial charge in [-0.3, -0.25) is 0 Å². The summed E-state index contributed by atoms with van der Waals surface area (Å²) in [6.45, 7) is 9.93. The van der Waals surface area contributed by atoms with E-state index in [9.17, 15) is 0 Å². The number of nitrogens with zero attached hydrogens (tertiary/aromatic N) is 1. The molecule has 0 amide bonds. The van der Waals surface area contributed by atoms with Crippen LogP contribution in [0, 0.1) is 0 Å². The average molecular weight is 289 g/mol. The third-order valence-corrected chi connectivity index (χ3v) is 4.99. The molecule has 1 aromatic carbocycles. The fraction of sp³-hybridized carbons (Fsp3) is 0.625. The fourth-order valence-electron chi connectivity index (χ4n) is 2.50. The number of rotatable bonds is 3. The first kappa shape index (κ1) is 14.9. The van der Waals surface area contributed by atoms with Crippen LogP contribution < -0.4 is 10.4 Å². The number of benzene rings is 1. The molecule has 21 heavy (non-hydrogen) atoms. The van der Waals surface area contributed by atoms with Crippen LogP contribution in [0.3, 0.4) is 0 Å². The van der Waals surface area contributed by atoms with Crippen LogP contribution in [0.1, 0.15) is 27.7 Å². The van der Waals surface area contributed by atoms with Crippen LogP contribution in [0.15, 0.2) is 24.3 Å². The number of hydrogen-bond donors (Lipinski definition) is 0. The highest BCUT2D eigenvalue weighted by Gasteiger charge is 2.51. The van der Waals surface area contributed by atoms with Gasteiger partial charge in [-0.2, -0.15) is 0 Å². The topological polar surface area (TPSA) is 30.9 Å². The van der Waals surface area contributed by atoms with Crippen LogP contribution in [0.25, 0.3) is 0 Å². The predicted octanol–water partition coefficient (Wildman–Crippen LogP) is 1.82. The van der Waals surface area contributed by atoms with Gasteiger partial charge in [0.1, 0.15) is 0 Å². The molecule has 1 aromatic rings. The lowest BCUT2D eigenvalue weighted by molar-refractivity contribution is 0.00578. The molecule has 2 fully saturated rings. The Bertz CT molecular complexity index is 495. The third kappa shape index (κ3) is 2.58. The van der Waals surface area contributed by atoms with E-state index in [1.54, 1.807) is 0 Å². The molecule has 0 saturated carbocycles.